The van der Waals surface area contributed by atoms with E-state index in [1.165, 1.54) is 25.9 Å². The highest BCUT2D eigenvalue weighted by atomic mass is 16.5. The smallest absolute Gasteiger partial charge is 0.0710 e. The van der Waals surface area contributed by atoms with E-state index in [1.807, 2.05) is 0 Å². The van der Waals surface area contributed by atoms with Crippen LogP contribution in [0.2, 0.25) is 0 Å². The normalized spacial score (nSPS) is 26.5. The van der Waals surface area contributed by atoms with E-state index in [4.69, 9.17) is 10.5 Å². The van der Waals surface area contributed by atoms with Gasteiger partial charge >= 0.3 is 0 Å². The second kappa shape index (κ2) is 5.58. The van der Waals surface area contributed by atoms with Crippen LogP contribution >= 0.6 is 0 Å². The zero-order valence-corrected chi connectivity index (χ0v) is 8.83. The Balaban J connectivity index is 2.10. The first kappa shape index (κ1) is 11.0. The third kappa shape index (κ3) is 3.63. The highest BCUT2D eigenvalue weighted by Crippen LogP contribution is 2.13. The molecular weight excluding hydrogens is 164 g/mol. The van der Waals surface area contributed by atoms with Gasteiger partial charge in [-0.05, 0) is 31.8 Å². The van der Waals surface area contributed by atoms with Crippen molar-refractivity contribution in [2.45, 2.75) is 25.9 Å². The summed E-state index contributed by atoms with van der Waals surface area (Å²) in [5.74, 6) is 0.654. The van der Waals surface area contributed by atoms with Crippen LogP contribution in [0.5, 0.6) is 0 Å². The van der Waals surface area contributed by atoms with Crippen LogP contribution < -0.4 is 5.73 Å². The molecule has 1 heterocycles. The summed E-state index contributed by atoms with van der Waals surface area (Å²) < 4.78 is 5.31. The molecule has 1 fully saturated rings. The molecule has 0 bridgehead atoms. The molecule has 13 heavy (non-hydrogen) atoms. The maximum absolute atomic E-state index is 5.57. The molecule has 3 nitrogen and oxygen atoms in total. The number of likely N-dealkylation sites (tertiary alicyclic amines) is 1. The average molecular weight is 186 g/mol. The Morgan fingerprint density at radius 1 is 1.62 bits per heavy atom. The Morgan fingerprint density at radius 3 is 2.92 bits per heavy atom. The fourth-order valence-corrected chi connectivity index (χ4v) is 1.71. The summed E-state index contributed by atoms with van der Waals surface area (Å²) in [7, 11) is 1.80. The Bertz CT molecular complexity index is 141. The van der Waals surface area contributed by atoms with Crippen LogP contribution in [0.15, 0.2) is 0 Å². The molecule has 1 aliphatic rings. The van der Waals surface area contributed by atoms with Gasteiger partial charge in [-0.25, -0.2) is 0 Å². The summed E-state index contributed by atoms with van der Waals surface area (Å²) >= 11 is 0. The van der Waals surface area contributed by atoms with Crippen molar-refractivity contribution in [2.75, 3.05) is 33.3 Å². The summed E-state index contributed by atoms with van der Waals surface area (Å²) in [5, 5.41) is 0. The monoisotopic (exact) mass is 186 g/mol. The van der Waals surface area contributed by atoms with Gasteiger partial charge in [-0.15, -0.1) is 0 Å². The number of ether oxygens (including phenoxy) is 1. The van der Waals surface area contributed by atoms with Crippen LogP contribution in [0.4, 0.5) is 0 Å². The van der Waals surface area contributed by atoms with Crippen molar-refractivity contribution < 1.29 is 4.74 Å². The molecule has 2 N–H and O–H groups in total. The van der Waals surface area contributed by atoms with E-state index < -0.39 is 0 Å². The van der Waals surface area contributed by atoms with Crippen LogP contribution in [-0.4, -0.2) is 44.3 Å². The van der Waals surface area contributed by atoms with E-state index in [0.29, 0.717) is 12.0 Å². The van der Waals surface area contributed by atoms with E-state index >= 15 is 0 Å². The second-order valence-electron chi connectivity index (χ2n) is 4.08. The third-order valence-electron chi connectivity index (χ3n) is 2.90. The van der Waals surface area contributed by atoms with Gasteiger partial charge in [0.2, 0.25) is 0 Å². The molecule has 0 spiro atoms. The van der Waals surface area contributed by atoms with Gasteiger partial charge in [0.25, 0.3) is 0 Å². The molecule has 1 saturated heterocycles. The van der Waals surface area contributed by atoms with Gasteiger partial charge in [0.15, 0.2) is 0 Å². The summed E-state index contributed by atoms with van der Waals surface area (Å²) in [6, 6.07) is 0. The largest absolute Gasteiger partial charge is 0.380 e. The van der Waals surface area contributed by atoms with Gasteiger partial charge in [0.1, 0.15) is 0 Å². The van der Waals surface area contributed by atoms with Crippen molar-refractivity contribution in [1.29, 1.82) is 0 Å². The number of nitrogens with zero attached hydrogens (tertiary/aromatic N) is 1. The molecule has 3 heteroatoms. The number of rotatable bonds is 5. The maximum Gasteiger partial charge on any atom is 0.0710 e. The molecule has 2 unspecified atom stereocenters. The van der Waals surface area contributed by atoms with E-state index in [-0.39, 0.29) is 0 Å². The standard InChI is InChI=1S/C10H22N2O/c1-9(7-11)3-5-12-6-4-10(8-12)13-2/h9-10H,3-8,11H2,1-2H3. The van der Waals surface area contributed by atoms with Crippen LogP contribution in [0.1, 0.15) is 19.8 Å². The topological polar surface area (TPSA) is 38.5 Å². The first-order valence-electron chi connectivity index (χ1n) is 5.21. The van der Waals surface area contributed by atoms with Gasteiger partial charge in [0.05, 0.1) is 6.10 Å². The molecule has 0 aromatic heterocycles. The third-order valence-corrected chi connectivity index (χ3v) is 2.90. The lowest BCUT2D eigenvalue weighted by Gasteiger charge is -2.17. The van der Waals surface area contributed by atoms with Crippen LogP contribution in [-0.2, 0) is 4.74 Å². The molecule has 0 aliphatic carbocycles. The lowest BCUT2D eigenvalue weighted by atomic mass is 10.1. The number of methoxy groups -OCH3 is 1. The van der Waals surface area contributed by atoms with Gasteiger partial charge in [-0.3, -0.25) is 0 Å². The van der Waals surface area contributed by atoms with Crippen LogP contribution in [0, 0.1) is 5.92 Å². The molecule has 78 valence electrons. The van der Waals surface area contributed by atoms with Gasteiger partial charge in [0, 0.05) is 20.2 Å². The lowest BCUT2D eigenvalue weighted by molar-refractivity contribution is 0.107. The van der Waals surface area contributed by atoms with Crippen LogP contribution in [0.25, 0.3) is 0 Å². The molecule has 2 atom stereocenters. The summed E-state index contributed by atoms with van der Waals surface area (Å²) in [5.41, 5.74) is 5.57. The van der Waals surface area contributed by atoms with Crippen molar-refractivity contribution in [3.05, 3.63) is 0 Å². The van der Waals surface area contributed by atoms with Crippen molar-refractivity contribution in [3.8, 4) is 0 Å². The van der Waals surface area contributed by atoms with Gasteiger partial charge < -0.3 is 15.4 Å². The molecule has 1 rings (SSSR count). The Labute approximate surface area is 81.2 Å². The summed E-state index contributed by atoms with van der Waals surface area (Å²) in [4.78, 5) is 2.47. The average Bonchev–Trinajstić information content (AvgIpc) is 2.61. The molecule has 0 aromatic carbocycles. The van der Waals surface area contributed by atoms with Crippen molar-refractivity contribution in [3.63, 3.8) is 0 Å². The zero-order valence-electron chi connectivity index (χ0n) is 8.83. The lowest BCUT2D eigenvalue weighted by Crippen LogP contribution is -2.26. The maximum atomic E-state index is 5.57. The SMILES string of the molecule is COC1CCN(CCC(C)CN)C1. The van der Waals surface area contributed by atoms with Crippen molar-refractivity contribution >= 4 is 0 Å². The number of hydrogen-bond donors (Lipinski definition) is 1. The zero-order chi connectivity index (χ0) is 9.68. The molecule has 0 aromatic rings. The van der Waals surface area contributed by atoms with E-state index in [0.717, 1.165) is 13.1 Å². The predicted molar refractivity (Wildman–Crippen MR) is 54.7 cm³/mol. The fourth-order valence-electron chi connectivity index (χ4n) is 1.71. The van der Waals surface area contributed by atoms with Crippen molar-refractivity contribution in [1.82, 2.24) is 4.90 Å². The van der Waals surface area contributed by atoms with E-state index in [1.54, 1.807) is 7.11 Å². The minimum absolute atomic E-state index is 0.466. The molecule has 0 saturated carbocycles. The molecule has 0 radical (unpaired) electrons. The minimum atomic E-state index is 0.466. The van der Waals surface area contributed by atoms with E-state index in [2.05, 4.69) is 11.8 Å². The fraction of sp³-hybridized carbons (Fsp3) is 1.00. The first-order valence-corrected chi connectivity index (χ1v) is 5.21. The quantitative estimate of drug-likeness (QED) is 0.686. The van der Waals surface area contributed by atoms with Gasteiger partial charge in [-0.2, -0.15) is 0 Å². The number of nitrogens with two attached hydrogens (primary N) is 1. The predicted octanol–water partition coefficient (Wildman–Crippen LogP) is 0.692. The molecular formula is C10H22N2O. The Kier molecular flexibility index (Phi) is 4.70. The molecule has 1 aliphatic heterocycles. The number of hydrogen-bond acceptors (Lipinski definition) is 3. The summed E-state index contributed by atoms with van der Waals surface area (Å²) in [6.07, 6.45) is 2.87. The Hall–Kier alpha value is -0.120. The second-order valence-corrected chi connectivity index (χ2v) is 4.08. The van der Waals surface area contributed by atoms with Crippen LogP contribution in [0.3, 0.4) is 0 Å². The minimum Gasteiger partial charge on any atom is -0.380 e. The molecule has 0 amide bonds. The Morgan fingerprint density at radius 2 is 2.38 bits per heavy atom. The first-order chi connectivity index (χ1) is 6.26. The van der Waals surface area contributed by atoms with Crippen molar-refractivity contribution in [2.24, 2.45) is 11.7 Å². The summed E-state index contributed by atoms with van der Waals surface area (Å²) in [6.45, 7) is 6.49. The highest BCUT2D eigenvalue weighted by Gasteiger charge is 2.21. The van der Waals surface area contributed by atoms with E-state index in [9.17, 15) is 0 Å². The highest BCUT2D eigenvalue weighted by molar-refractivity contribution is 4.75. The van der Waals surface area contributed by atoms with Gasteiger partial charge in [-0.1, -0.05) is 6.92 Å².